The topological polar surface area (TPSA) is 129 Å². The Balaban J connectivity index is 0. The second-order valence-electron chi connectivity index (χ2n) is 1.80. The summed E-state index contributed by atoms with van der Waals surface area (Å²) in [5.41, 5.74) is 0. The van der Waals surface area contributed by atoms with Gasteiger partial charge in [-0.05, 0) is 0 Å². The molecule has 0 aliphatic carbocycles. The van der Waals surface area contributed by atoms with Crippen molar-refractivity contribution in [3.8, 4) is 0 Å². The van der Waals surface area contributed by atoms with Crippen LogP contribution < -0.4 is 10.6 Å². The van der Waals surface area contributed by atoms with Gasteiger partial charge >= 0.3 is 6.03 Å². The quantitative estimate of drug-likeness (QED) is 0.462. The van der Waals surface area contributed by atoms with Crippen molar-refractivity contribution in [1.29, 1.82) is 0 Å². The first-order valence-corrected chi connectivity index (χ1v) is 3.79. The molecule has 86 valence electrons. The molecule has 0 aromatic rings. The van der Waals surface area contributed by atoms with Crippen molar-refractivity contribution in [3.63, 3.8) is 0 Å². The number of rotatable bonds is 4. The zero-order valence-electron chi connectivity index (χ0n) is 8.39. The summed E-state index contributed by atoms with van der Waals surface area (Å²) in [6.45, 7) is -0.184. The summed E-state index contributed by atoms with van der Waals surface area (Å²) in [5, 5.41) is 4.54. The predicted octanol–water partition coefficient (Wildman–Crippen LogP) is -1.18. The molecule has 0 aliphatic heterocycles. The number of hydrogen-bond acceptors (Lipinski definition) is 7. The number of isocyanates is 3. The molecule has 16 heavy (non-hydrogen) atoms. The monoisotopic (exact) mass is 227 g/mol. The summed E-state index contributed by atoms with van der Waals surface area (Å²) in [7, 11) is 1.47. The average molecular weight is 227 g/mol. The van der Waals surface area contributed by atoms with Gasteiger partial charge in [-0.25, -0.2) is 19.2 Å². The van der Waals surface area contributed by atoms with E-state index in [2.05, 4.69) is 25.6 Å². The van der Waals surface area contributed by atoms with Crippen LogP contribution >= 0.6 is 0 Å². The summed E-state index contributed by atoms with van der Waals surface area (Å²) in [6, 6.07) is -0.367. The largest absolute Gasteiger partial charge is 0.341 e. The van der Waals surface area contributed by atoms with Gasteiger partial charge in [0.2, 0.25) is 18.2 Å². The highest BCUT2D eigenvalue weighted by Crippen LogP contribution is 1.61. The van der Waals surface area contributed by atoms with Crippen LogP contribution in [0.4, 0.5) is 4.79 Å². The van der Waals surface area contributed by atoms with E-state index in [1.165, 1.54) is 25.3 Å². The minimum Gasteiger partial charge on any atom is -0.341 e. The summed E-state index contributed by atoms with van der Waals surface area (Å²) in [4.78, 5) is 47.0. The van der Waals surface area contributed by atoms with Crippen molar-refractivity contribution in [2.45, 2.75) is 0 Å². The number of carbonyl (C=O) groups is 1. The van der Waals surface area contributed by atoms with Crippen molar-refractivity contribution in [3.05, 3.63) is 0 Å². The lowest BCUT2D eigenvalue weighted by molar-refractivity contribution is 0.243. The highest BCUT2D eigenvalue weighted by molar-refractivity contribution is 5.73. The van der Waals surface area contributed by atoms with Crippen molar-refractivity contribution in [2.75, 3.05) is 20.4 Å². The van der Waals surface area contributed by atoms with E-state index >= 15 is 0 Å². The zero-order chi connectivity index (χ0) is 12.6. The molecule has 0 saturated heterocycles. The Morgan fingerprint density at radius 3 is 1.94 bits per heavy atom. The maximum atomic E-state index is 10.3. The molecule has 0 aliphatic rings. The van der Waals surface area contributed by atoms with Crippen LogP contribution in [0.15, 0.2) is 15.0 Å². The fourth-order valence-electron chi connectivity index (χ4n) is 0.325. The normalized spacial score (nSPS) is 6.56. The van der Waals surface area contributed by atoms with Crippen LogP contribution in [0.5, 0.6) is 0 Å². The Morgan fingerprint density at radius 1 is 1.06 bits per heavy atom. The Hall–Kier alpha value is -2.59. The number of urea groups is 1. The van der Waals surface area contributed by atoms with Crippen LogP contribution in [0, 0.1) is 0 Å². The van der Waals surface area contributed by atoms with E-state index in [-0.39, 0.29) is 19.4 Å². The van der Waals surface area contributed by atoms with Crippen molar-refractivity contribution in [2.24, 2.45) is 15.0 Å². The highest BCUT2D eigenvalue weighted by atomic mass is 16.2. The van der Waals surface area contributed by atoms with Gasteiger partial charge in [-0.2, -0.15) is 15.0 Å². The van der Waals surface area contributed by atoms with Crippen LogP contribution in [0.2, 0.25) is 0 Å². The third-order valence-electron chi connectivity index (χ3n) is 0.881. The molecule has 2 amide bonds. The van der Waals surface area contributed by atoms with E-state index in [0.717, 1.165) is 0 Å². The van der Waals surface area contributed by atoms with Gasteiger partial charge in [0.05, 0.1) is 0 Å². The lowest BCUT2D eigenvalue weighted by atomic mass is 10.9. The summed E-state index contributed by atoms with van der Waals surface area (Å²) < 4.78 is 0. The third kappa shape index (κ3) is 17.5. The van der Waals surface area contributed by atoms with Gasteiger partial charge in [0.15, 0.2) is 6.67 Å². The minimum atomic E-state index is -0.367. The molecular formula is C7H9N5O4. The molecule has 9 heteroatoms. The summed E-state index contributed by atoms with van der Waals surface area (Å²) in [5.74, 6) is 0. The second-order valence-corrected chi connectivity index (χ2v) is 1.80. The second kappa shape index (κ2) is 14.9. The molecule has 0 heterocycles. The van der Waals surface area contributed by atoms with E-state index in [9.17, 15) is 19.2 Å². The molecule has 0 aromatic carbocycles. The molecule has 0 atom stereocenters. The van der Waals surface area contributed by atoms with E-state index in [1.807, 2.05) is 0 Å². The molecule has 0 bridgehead atoms. The standard InChI is InChI=1S/C4H7N3O2.C3H2N2O2/c1-5-4(9)7-2-6-3-8;6-2-4-1-5-3-7/h2H2,1H3,(H2,5,7,9);1H2. The van der Waals surface area contributed by atoms with Gasteiger partial charge in [-0.3, -0.25) is 0 Å². The molecule has 0 fully saturated rings. The fraction of sp³-hybridized carbons (Fsp3) is 0.429. The lowest BCUT2D eigenvalue weighted by Gasteiger charge is -1.95. The number of carbonyl (C=O) groups excluding carboxylic acids is 4. The van der Waals surface area contributed by atoms with Crippen LogP contribution in [0.25, 0.3) is 0 Å². The van der Waals surface area contributed by atoms with E-state index < -0.39 is 0 Å². The van der Waals surface area contributed by atoms with Crippen molar-refractivity contribution >= 4 is 24.3 Å². The molecule has 0 aromatic heterocycles. The first-order valence-electron chi connectivity index (χ1n) is 3.79. The van der Waals surface area contributed by atoms with Crippen molar-refractivity contribution < 1.29 is 19.2 Å². The number of nitrogens with zero attached hydrogens (tertiary/aromatic N) is 3. The predicted molar refractivity (Wildman–Crippen MR) is 51.7 cm³/mol. The van der Waals surface area contributed by atoms with Gasteiger partial charge < -0.3 is 10.6 Å². The Bertz CT molecular complexity index is 321. The minimum absolute atomic E-state index is 0.0246. The number of hydrogen-bond donors (Lipinski definition) is 2. The number of nitrogens with one attached hydrogen (secondary N) is 2. The van der Waals surface area contributed by atoms with Gasteiger partial charge in [-0.15, -0.1) is 0 Å². The van der Waals surface area contributed by atoms with E-state index in [1.54, 1.807) is 0 Å². The first-order chi connectivity index (χ1) is 7.72. The third-order valence-corrected chi connectivity index (χ3v) is 0.881. The van der Waals surface area contributed by atoms with Gasteiger partial charge in [0, 0.05) is 7.05 Å². The molecule has 0 unspecified atom stereocenters. The Labute approximate surface area is 90.4 Å². The van der Waals surface area contributed by atoms with Crippen LogP contribution in [-0.2, 0) is 14.4 Å². The molecule has 0 radical (unpaired) electrons. The van der Waals surface area contributed by atoms with Crippen LogP contribution in [0.1, 0.15) is 0 Å². The maximum Gasteiger partial charge on any atom is 0.316 e. The fourth-order valence-corrected chi connectivity index (χ4v) is 0.325. The van der Waals surface area contributed by atoms with E-state index in [4.69, 9.17) is 0 Å². The molecular weight excluding hydrogens is 218 g/mol. The zero-order valence-corrected chi connectivity index (χ0v) is 8.39. The maximum absolute atomic E-state index is 10.3. The van der Waals surface area contributed by atoms with E-state index in [0.29, 0.717) is 0 Å². The summed E-state index contributed by atoms with van der Waals surface area (Å²) >= 11 is 0. The average Bonchev–Trinajstić information content (AvgIpc) is 2.31. The molecule has 0 spiro atoms. The van der Waals surface area contributed by atoms with Gasteiger partial charge in [0.25, 0.3) is 0 Å². The highest BCUT2D eigenvalue weighted by Gasteiger charge is 1.89. The number of amides is 2. The molecule has 2 N–H and O–H groups in total. The van der Waals surface area contributed by atoms with Crippen molar-refractivity contribution in [1.82, 2.24) is 10.6 Å². The SMILES string of the molecule is CNC(=O)NCN=C=O.O=C=NCN=C=O. The Kier molecular flexibility index (Phi) is 14.8. The lowest BCUT2D eigenvalue weighted by Crippen LogP contribution is -2.32. The smallest absolute Gasteiger partial charge is 0.316 e. The number of aliphatic imine (C=N–C) groups is 3. The van der Waals surface area contributed by atoms with Crippen LogP contribution in [0.3, 0.4) is 0 Å². The molecule has 0 rings (SSSR count). The first kappa shape index (κ1) is 15.9. The van der Waals surface area contributed by atoms with Gasteiger partial charge in [0.1, 0.15) is 6.67 Å². The molecule has 9 nitrogen and oxygen atoms in total. The Morgan fingerprint density at radius 2 is 1.56 bits per heavy atom. The molecule has 0 saturated carbocycles. The van der Waals surface area contributed by atoms with Crippen LogP contribution in [-0.4, -0.2) is 44.7 Å². The summed E-state index contributed by atoms with van der Waals surface area (Å²) in [6.07, 6.45) is 3.69. The van der Waals surface area contributed by atoms with Gasteiger partial charge in [-0.1, -0.05) is 0 Å².